The summed E-state index contributed by atoms with van der Waals surface area (Å²) in [5, 5.41) is 11.5. The molecule has 0 spiro atoms. The maximum atomic E-state index is 10.3. The Bertz CT molecular complexity index is 137. The van der Waals surface area contributed by atoms with E-state index >= 15 is 0 Å². The van der Waals surface area contributed by atoms with Gasteiger partial charge in [0.25, 0.3) is 0 Å². The van der Waals surface area contributed by atoms with Crippen molar-refractivity contribution < 1.29 is 14.6 Å². The molecule has 0 aromatic carbocycles. The zero-order valence-electron chi connectivity index (χ0n) is 5.83. The zero-order valence-corrected chi connectivity index (χ0v) is 5.83. The van der Waals surface area contributed by atoms with Gasteiger partial charge in [-0.3, -0.25) is 0 Å². The van der Waals surface area contributed by atoms with Gasteiger partial charge >= 0.3 is 5.97 Å². The van der Waals surface area contributed by atoms with E-state index < -0.39 is 12.1 Å². The number of hydrogen-bond donors (Lipinski definition) is 2. The Kier molecular flexibility index (Phi) is 2.24. The first-order valence-electron chi connectivity index (χ1n) is 3.29. The number of aliphatic carboxylic acids is 1. The molecule has 10 heavy (non-hydrogen) atoms. The van der Waals surface area contributed by atoms with Gasteiger partial charge in [0.05, 0.1) is 6.10 Å². The number of carbonyl (C=O) groups is 1. The summed E-state index contributed by atoms with van der Waals surface area (Å²) in [6.07, 6.45) is -0.654. The van der Waals surface area contributed by atoms with Crippen LogP contribution in [0.4, 0.5) is 0 Å². The standard InChI is InChI=1S/C6H11NO3/c1-4-2-7-3-5(10-4)6(8)9/h4-5,7H,2-3H2,1H3,(H,8,9)/t4-,5?/m0/s1. The minimum atomic E-state index is -0.890. The molecule has 0 radical (unpaired) electrons. The molecule has 2 N–H and O–H groups in total. The molecule has 0 amide bonds. The van der Waals surface area contributed by atoms with Gasteiger partial charge in [0, 0.05) is 13.1 Å². The molecule has 58 valence electrons. The normalized spacial score (nSPS) is 33.7. The fourth-order valence-electron chi connectivity index (χ4n) is 0.940. The number of rotatable bonds is 1. The number of nitrogens with one attached hydrogen (secondary N) is 1. The molecule has 1 heterocycles. The first-order chi connectivity index (χ1) is 4.70. The van der Waals surface area contributed by atoms with Crippen LogP contribution in [0.2, 0.25) is 0 Å². The third-order valence-electron chi connectivity index (χ3n) is 1.43. The molecule has 0 aromatic rings. The summed E-state index contributed by atoms with van der Waals surface area (Å²) < 4.78 is 5.09. The quantitative estimate of drug-likeness (QED) is 0.519. The summed E-state index contributed by atoms with van der Waals surface area (Å²) >= 11 is 0. The van der Waals surface area contributed by atoms with E-state index in [1.165, 1.54) is 0 Å². The number of ether oxygens (including phenoxy) is 1. The Hall–Kier alpha value is -0.610. The lowest BCUT2D eigenvalue weighted by atomic mass is 10.2. The molecule has 0 saturated carbocycles. The SMILES string of the molecule is C[C@H]1CNCC(C(=O)O)O1. The summed E-state index contributed by atoms with van der Waals surface area (Å²) in [5.74, 6) is -0.890. The molecule has 1 aliphatic heterocycles. The highest BCUT2D eigenvalue weighted by atomic mass is 16.5. The van der Waals surface area contributed by atoms with Gasteiger partial charge in [-0.25, -0.2) is 4.79 Å². The lowest BCUT2D eigenvalue weighted by Gasteiger charge is -2.25. The van der Waals surface area contributed by atoms with Crippen LogP contribution in [0.15, 0.2) is 0 Å². The fourth-order valence-corrected chi connectivity index (χ4v) is 0.940. The summed E-state index contributed by atoms with van der Waals surface area (Å²) in [5.41, 5.74) is 0. The second-order valence-electron chi connectivity index (χ2n) is 2.43. The van der Waals surface area contributed by atoms with Crippen molar-refractivity contribution in [3.05, 3.63) is 0 Å². The molecule has 1 rings (SSSR count). The number of carboxylic acids is 1. The average Bonchev–Trinajstić information content (AvgIpc) is 1.88. The van der Waals surface area contributed by atoms with Crippen molar-refractivity contribution in [2.45, 2.75) is 19.1 Å². The Morgan fingerprint density at radius 1 is 1.70 bits per heavy atom. The van der Waals surface area contributed by atoms with Crippen molar-refractivity contribution >= 4 is 5.97 Å². The molecule has 4 heteroatoms. The van der Waals surface area contributed by atoms with Gasteiger partial charge in [-0.1, -0.05) is 0 Å². The summed E-state index contributed by atoms with van der Waals surface area (Å²) in [4.78, 5) is 10.3. The number of morpholine rings is 1. The minimum absolute atomic E-state index is 0.00912. The average molecular weight is 145 g/mol. The van der Waals surface area contributed by atoms with Crippen LogP contribution >= 0.6 is 0 Å². The van der Waals surface area contributed by atoms with Crippen molar-refractivity contribution in [2.75, 3.05) is 13.1 Å². The van der Waals surface area contributed by atoms with Crippen LogP contribution in [0.25, 0.3) is 0 Å². The lowest BCUT2D eigenvalue weighted by molar-refractivity contribution is -0.156. The van der Waals surface area contributed by atoms with E-state index in [2.05, 4.69) is 5.32 Å². The van der Waals surface area contributed by atoms with E-state index in [1.54, 1.807) is 0 Å². The van der Waals surface area contributed by atoms with E-state index in [0.29, 0.717) is 6.54 Å². The van der Waals surface area contributed by atoms with Crippen molar-refractivity contribution in [1.29, 1.82) is 0 Å². The predicted octanol–water partition coefficient (Wildman–Crippen LogP) is -0.552. The van der Waals surface area contributed by atoms with Crippen LogP contribution in [0.3, 0.4) is 0 Å². The molecular formula is C6H11NO3. The molecule has 4 nitrogen and oxygen atoms in total. The molecule has 1 saturated heterocycles. The first kappa shape index (κ1) is 7.50. The summed E-state index contributed by atoms with van der Waals surface area (Å²) in [6.45, 7) is 3.01. The topological polar surface area (TPSA) is 58.6 Å². The largest absolute Gasteiger partial charge is 0.479 e. The van der Waals surface area contributed by atoms with E-state index in [9.17, 15) is 4.79 Å². The number of carboxylic acid groups (broad SMARTS) is 1. The fraction of sp³-hybridized carbons (Fsp3) is 0.833. The summed E-state index contributed by atoms with van der Waals surface area (Å²) in [6, 6.07) is 0. The molecule has 0 aliphatic carbocycles. The molecule has 1 fully saturated rings. The van der Waals surface area contributed by atoms with Gasteiger partial charge in [0.2, 0.25) is 0 Å². The minimum Gasteiger partial charge on any atom is -0.479 e. The predicted molar refractivity (Wildman–Crippen MR) is 34.8 cm³/mol. The maximum Gasteiger partial charge on any atom is 0.334 e. The Morgan fingerprint density at radius 2 is 2.40 bits per heavy atom. The molecule has 2 atom stereocenters. The first-order valence-corrected chi connectivity index (χ1v) is 3.29. The van der Waals surface area contributed by atoms with Crippen molar-refractivity contribution in [1.82, 2.24) is 5.32 Å². The smallest absolute Gasteiger partial charge is 0.334 e. The van der Waals surface area contributed by atoms with Gasteiger partial charge in [-0.15, -0.1) is 0 Å². The van der Waals surface area contributed by atoms with Gasteiger partial charge in [0.15, 0.2) is 6.10 Å². The molecule has 0 bridgehead atoms. The third-order valence-corrected chi connectivity index (χ3v) is 1.43. The van der Waals surface area contributed by atoms with Crippen molar-refractivity contribution in [2.24, 2.45) is 0 Å². The van der Waals surface area contributed by atoms with Crippen LogP contribution in [0, 0.1) is 0 Å². The highest BCUT2D eigenvalue weighted by Gasteiger charge is 2.24. The van der Waals surface area contributed by atoms with Gasteiger partial charge in [-0.05, 0) is 6.92 Å². The number of hydrogen-bond acceptors (Lipinski definition) is 3. The monoisotopic (exact) mass is 145 g/mol. The van der Waals surface area contributed by atoms with E-state index in [-0.39, 0.29) is 6.10 Å². The zero-order chi connectivity index (χ0) is 7.56. The van der Waals surface area contributed by atoms with Gasteiger partial charge in [0.1, 0.15) is 0 Å². The Labute approximate surface area is 59.2 Å². The van der Waals surface area contributed by atoms with Gasteiger partial charge < -0.3 is 15.2 Å². The van der Waals surface area contributed by atoms with Crippen molar-refractivity contribution in [3.8, 4) is 0 Å². The molecular weight excluding hydrogens is 134 g/mol. The van der Waals surface area contributed by atoms with Gasteiger partial charge in [-0.2, -0.15) is 0 Å². The van der Waals surface area contributed by atoms with Crippen LogP contribution in [-0.4, -0.2) is 36.4 Å². The highest BCUT2D eigenvalue weighted by Crippen LogP contribution is 2.02. The summed E-state index contributed by atoms with van der Waals surface area (Å²) in [7, 11) is 0. The third kappa shape index (κ3) is 1.68. The lowest BCUT2D eigenvalue weighted by Crippen LogP contribution is -2.46. The highest BCUT2D eigenvalue weighted by molar-refractivity contribution is 5.72. The van der Waals surface area contributed by atoms with Crippen LogP contribution in [0.5, 0.6) is 0 Å². The second kappa shape index (κ2) is 2.98. The van der Waals surface area contributed by atoms with Crippen molar-refractivity contribution in [3.63, 3.8) is 0 Å². The molecule has 0 aromatic heterocycles. The molecule has 1 aliphatic rings. The Balaban J connectivity index is 2.39. The van der Waals surface area contributed by atoms with E-state index in [1.807, 2.05) is 6.92 Å². The van der Waals surface area contributed by atoms with Crippen LogP contribution in [-0.2, 0) is 9.53 Å². The maximum absolute atomic E-state index is 10.3. The van der Waals surface area contributed by atoms with Crippen LogP contribution < -0.4 is 5.32 Å². The van der Waals surface area contributed by atoms with E-state index in [0.717, 1.165) is 6.54 Å². The Morgan fingerprint density at radius 3 is 2.80 bits per heavy atom. The van der Waals surface area contributed by atoms with Crippen LogP contribution in [0.1, 0.15) is 6.92 Å². The second-order valence-corrected chi connectivity index (χ2v) is 2.43. The molecule has 1 unspecified atom stereocenters. The van der Waals surface area contributed by atoms with E-state index in [4.69, 9.17) is 9.84 Å².